The first-order valence-corrected chi connectivity index (χ1v) is 6.51. The van der Waals surface area contributed by atoms with E-state index in [1.54, 1.807) is 13.0 Å². The highest BCUT2D eigenvalue weighted by Crippen LogP contribution is 2.22. The molecule has 6 heteroatoms. The van der Waals surface area contributed by atoms with Gasteiger partial charge in [-0.15, -0.1) is 0 Å². The Hall–Kier alpha value is -1.95. The van der Waals surface area contributed by atoms with Crippen molar-refractivity contribution < 1.29 is 14.8 Å². The minimum atomic E-state index is -0.580. The molecule has 0 aliphatic carbocycles. The number of hydrogen-bond acceptors (Lipinski definition) is 4. The summed E-state index contributed by atoms with van der Waals surface area (Å²) in [7, 11) is 0. The van der Waals surface area contributed by atoms with E-state index < -0.39 is 16.4 Å². The third-order valence-electron chi connectivity index (χ3n) is 3.45. The largest absolute Gasteiger partial charge is 0.396 e. The number of aliphatic hydroxyl groups excluding tert-OH is 1. The number of carbonyl (C=O) groups is 1. The van der Waals surface area contributed by atoms with Gasteiger partial charge in [-0.1, -0.05) is 13.0 Å². The summed E-state index contributed by atoms with van der Waals surface area (Å²) in [6, 6.07) is 4.43. The van der Waals surface area contributed by atoms with Gasteiger partial charge < -0.3 is 10.4 Å². The van der Waals surface area contributed by atoms with Gasteiger partial charge in [0, 0.05) is 18.2 Å². The SMILES string of the molecule is CCC(C)(CCO)NC(=O)c1cc(C)ccc1[N+](=O)[O-]. The monoisotopic (exact) mass is 280 g/mol. The highest BCUT2D eigenvalue weighted by Gasteiger charge is 2.27. The van der Waals surface area contributed by atoms with Crippen molar-refractivity contribution in [3.63, 3.8) is 0 Å². The van der Waals surface area contributed by atoms with Crippen LogP contribution in [0.2, 0.25) is 0 Å². The first-order valence-electron chi connectivity index (χ1n) is 6.51. The highest BCUT2D eigenvalue weighted by atomic mass is 16.6. The Kier molecular flexibility index (Phi) is 5.21. The molecule has 2 N–H and O–H groups in total. The number of benzene rings is 1. The minimum Gasteiger partial charge on any atom is -0.396 e. The summed E-state index contributed by atoms with van der Waals surface area (Å²) < 4.78 is 0. The van der Waals surface area contributed by atoms with Crippen LogP contribution in [0.1, 0.15) is 42.6 Å². The first kappa shape index (κ1) is 16.1. The number of carbonyl (C=O) groups excluding carboxylic acids is 1. The second-order valence-corrected chi connectivity index (χ2v) is 5.12. The average molecular weight is 280 g/mol. The maximum atomic E-state index is 12.3. The second-order valence-electron chi connectivity index (χ2n) is 5.12. The molecule has 1 aromatic rings. The predicted octanol–water partition coefficient (Wildman–Crippen LogP) is 2.18. The van der Waals surface area contributed by atoms with Crippen LogP contribution in [0, 0.1) is 17.0 Å². The van der Waals surface area contributed by atoms with Crippen molar-refractivity contribution in [2.24, 2.45) is 0 Å². The van der Waals surface area contributed by atoms with Crippen molar-refractivity contribution in [2.45, 2.75) is 39.2 Å². The summed E-state index contributed by atoms with van der Waals surface area (Å²) in [5.74, 6) is -0.488. The second kappa shape index (κ2) is 6.47. The molecule has 1 atom stereocenters. The number of aryl methyl sites for hydroxylation is 1. The maximum Gasteiger partial charge on any atom is 0.282 e. The summed E-state index contributed by atoms with van der Waals surface area (Å²) in [6.45, 7) is 5.41. The molecule has 20 heavy (non-hydrogen) atoms. The van der Waals surface area contributed by atoms with Gasteiger partial charge in [-0.3, -0.25) is 14.9 Å². The number of aliphatic hydroxyl groups is 1. The lowest BCUT2D eigenvalue weighted by atomic mass is 9.94. The van der Waals surface area contributed by atoms with Gasteiger partial charge in [0.05, 0.1) is 4.92 Å². The van der Waals surface area contributed by atoms with Crippen molar-refractivity contribution >= 4 is 11.6 Å². The van der Waals surface area contributed by atoms with E-state index in [0.29, 0.717) is 12.8 Å². The number of nitro groups is 1. The molecule has 0 aromatic heterocycles. The summed E-state index contributed by atoms with van der Waals surface area (Å²) in [6.07, 6.45) is 1.02. The number of nitro benzene ring substituents is 1. The lowest BCUT2D eigenvalue weighted by molar-refractivity contribution is -0.385. The molecule has 110 valence electrons. The Labute approximate surface area is 118 Å². The van der Waals surface area contributed by atoms with E-state index in [1.165, 1.54) is 12.1 Å². The van der Waals surface area contributed by atoms with E-state index in [9.17, 15) is 14.9 Å². The quantitative estimate of drug-likeness (QED) is 0.617. The van der Waals surface area contributed by atoms with Gasteiger partial charge in [-0.05, 0) is 38.3 Å². The predicted molar refractivity (Wildman–Crippen MR) is 75.7 cm³/mol. The van der Waals surface area contributed by atoms with Crippen molar-refractivity contribution in [2.75, 3.05) is 6.61 Å². The van der Waals surface area contributed by atoms with Crippen molar-refractivity contribution in [3.8, 4) is 0 Å². The molecule has 1 unspecified atom stereocenters. The van der Waals surface area contributed by atoms with E-state index in [0.717, 1.165) is 5.56 Å². The number of hydrogen-bond donors (Lipinski definition) is 2. The van der Waals surface area contributed by atoms with Crippen molar-refractivity contribution in [3.05, 3.63) is 39.4 Å². The van der Waals surface area contributed by atoms with E-state index in [1.807, 2.05) is 13.8 Å². The van der Waals surface area contributed by atoms with Gasteiger partial charge in [0.15, 0.2) is 0 Å². The van der Waals surface area contributed by atoms with Gasteiger partial charge in [0.25, 0.3) is 11.6 Å². The minimum absolute atomic E-state index is 0.0487. The third-order valence-corrected chi connectivity index (χ3v) is 3.45. The standard InChI is InChI=1S/C14H20N2O4/c1-4-14(3,7-8-17)15-13(18)11-9-10(2)5-6-12(11)16(19)20/h5-6,9,17H,4,7-8H2,1-3H3,(H,15,18). The van der Waals surface area contributed by atoms with Gasteiger partial charge >= 0.3 is 0 Å². The molecule has 0 aliphatic rings. The van der Waals surface area contributed by atoms with Crippen LogP contribution in [0.15, 0.2) is 18.2 Å². The maximum absolute atomic E-state index is 12.3. The fourth-order valence-corrected chi connectivity index (χ4v) is 1.91. The van der Waals surface area contributed by atoms with Crippen molar-refractivity contribution in [1.82, 2.24) is 5.32 Å². The van der Waals surface area contributed by atoms with Gasteiger partial charge in [0.1, 0.15) is 5.56 Å². The molecule has 0 saturated heterocycles. The Morgan fingerprint density at radius 1 is 1.50 bits per heavy atom. The van der Waals surface area contributed by atoms with Crippen LogP contribution in [-0.4, -0.2) is 28.1 Å². The zero-order chi connectivity index (χ0) is 15.3. The average Bonchev–Trinajstić information content (AvgIpc) is 2.38. The summed E-state index contributed by atoms with van der Waals surface area (Å²) in [5, 5.41) is 22.8. The highest BCUT2D eigenvalue weighted by molar-refractivity contribution is 5.98. The topological polar surface area (TPSA) is 92.5 Å². The molecule has 0 saturated carbocycles. The van der Waals surface area contributed by atoms with E-state index in [4.69, 9.17) is 5.11 Å². The Bertz CT molecular complexity index is 516. The van der Waals surface area contributed by atoms with Crippen LogP contribution in [0.25, 0.3) is 0 Å². The van der Waals surface area contributed by atoms with Crippen molar-refractivity contribution in [1.29, 1.82) is 0 Å². The number of amides is 1. The molecular formula is C14H20N2O4. The van der Waals surface area contributed by atoms with E-state index >= 15 is 0 Å². The molecule has 0 aliphatic heterocycles. The Morgan fingerprint density at radius 2 is 2.15 bits per heavy atom. The van der Waals surface area contributed by atoms with Gasteiger partial charge in [-0.25, -0.2) is 0 Å². The fourth-order valence-electron chi connectivity index (χ4n) is 1.91. The molecule has 0 bridgehead atoms. The van der Waals surface area contributed by atoms with Crippen LogP contribution < -0.4 is 5.32 Å². The molecule has 1 rings (SSSR count). The lowest BCUT2D eigenvalue weighted by Gasteiger charge is -2.29. The normalized spacial score (nSPS) is 13.6. The molecule has 0 spiro atoms. The molecule has 6 nitrogen and oxygen atoms in total. The third kappa shape index (κ3) is 3.77. The summed E-state index contributed by atoms with van der Waals surface area (Å²) in [5.41, 5.74) is 0.0352. The van der Waals surface area contributed by atoms with Crippen LogP contribution in [0.4, 0.5) is 5.69 Å². The zero-order valence-corrected chi connectivity index (χ0v) is 12.0. The smallest absolute Gasteiger partial charge is 0.282 e. The Morgan fingerprint density at radius 3 is 2.65 bits per heavy atom. The van der Waals surface area contributed by atoms with Gasteiger partial charge in [-0.2, -0.15) is 0 Å². The molecule has 1 aromatic carbocycles. The van der Waals surface area contributed by atoms with Gasteiger partial charge in [0.2, 0.25) is 0 Å². The lowest BCUT2D eigenvalue weighted by Crippen LogP contribution is -2.46. The molecule has 0 heterocycles. The number of nitrogens with one attached hydrogen (secondary N) is 1. The van der Waals surface area contributed by atoms with E-state index in [2.05, 4.69) is 5.32 Å². The summed E-state index contributed by atoms with van der Waals surface area (Å²) >= 11 is 0. The van der Waals surface area contributed by atoms with E-state index in [-0.39, 0.29) is 17.9 Å². The number of rotatable bonds is 6. The zero-order valence-electron chi connectivity index (χ0n) is 12.0. The number of nitrogens with zero attached hydrogens (tertiary/aromatic N) is 1. The molecule has 1 amide bonds. The molecular weight excluding hydrogens is 260 g/mol. The first-order chi connectivity index (χ1) is 9.33. The van der Waals surface area contributed by atoms with Crippen LogP contribution in [0.5, 0.6) is 0 Å². The molecule has 0 radical (unpaired) electrons. The van der Waals surface area contributed by atoms with Crippen LogP contribution >= 0.6 is 0 Å². The Balaban J connectivity index is 3.08. The van der Waals surface area contributed by atoms with Crippen LogP contribution in [0.3, 0.4) is 0 Å². The summed E-state index contributed by atoms with van der Waals surface area (Å²) in [4.78, 5) is 22.7. The van der Waals surface area contributed by atoms with Crippen LogP contribution in [-0.2, 0) is 0 Å². The fraction of sp³-hybridized carbons (Fsp3) is 0.500. The molecule has 0 fully saturated rings.